The molecule has 0 fully saturated rings. The Labute approximate surface area is 324 Å². The van der Waals surface area contributed by atoms with E-state index >= 15 is 0 Å². The zero-order valence-electron chi connectivity index (χ0n) is 30.3. The summed E-state index contributed by atoms with van der Waals surface area (Å²) in [7, 11) is 0. The van der Waals surface area contributed by atoms with Crippen LogP contribution in [0.2, 0.25) is 0 Å². The van der Waals surface area contributed by atoms with Crippen LogP contribution in [-0.2, 0) is 5.41 Å². The molecule has 260 valence electrons. The fourth-order valence-corrected chi connectivity index (χ4v) is 9.59. The van der Waals surface area contributed by atoms with Crippen LogP contribution in [0.5, 0.6) is 0 Å². The minimum absolute atomic E-state index is 0.491. The van der Waals surface area contributed by atoms with Gasteiger partial charge in [0.2, 0.25) is 0 Å². The second kappa shape index (κ2) is 11.8. The van der Waals surface area contributed by atoms with Gasteiger partial charge < -0.3 is 4.57 Å². The number of rotatable bonds is 4. The monoisotopic (exact) mass is 712 g/mol. The van der Waals surface area contributed by atoms with Gasteiger partial charge in [-0.05, 0) is 56.6 Å². The first-order chi connectivity index (χ1) is 27.8. The molecule has 3 heterocycles. The number of fused-ring (bicyclic) bond motifs is 12. The molecule has 2 aromatic heterocycles. The highest BCUT2D eigenvalue weighted by Crippen LogP contribution is 2.62. The largest absolute Gasteiger partial charge is 0.309 e. The molecule has 2 aliphatic rings. The van der Waals surface area contributed by atoms with Gasteiger partial charge in [0.25, 0.3) is 0 Å². The smallest absolute Gasteiger partial charge is 0.164 e. The van der Waals surface area contributed by atoms with Gasteiger partial charge >= 0.3 is 0 Å². The van der Waals surface area contributed by atoms with Crippen LogP contribution in [0.1, 0.15) is 22.3 Å². The number of hydrogen-bond acceptors (Lipinski definition) is 3. The van der Waals surface area contributed by atoms with Crippen molar-refractivity contribution in [2.75, 3.05) is 0 Å². The molecule has 0 saturated carbocycles. The second-order valence-corrected chi connectivity index (χ2v) is 14.7. The lowest BCUT2D eigenvalue weighted by Crippen LogP contribution is -2.33. The molecule has 1 aliphatic heterocycles. The summed E-state index contributed by atoms with van der Waals surface area (Å²) in [5.74, 6) is 1.96. The van der Waals surface area contributed by atoms with Gasteiger partial charge in [0.1, 0.15) is 0 Å². The molecule has 0 N–H and O–H groups in total. The van der Waals surface area contributed by atoms with E-state index in [0.29, 0.717) is 17.5 Å². The maximum Gasteiger partial charge on any atom is 0.164 e. The summed E-state index contributed by atoms with van der Waals surface area (Å²) >= 11 is 0. The minimum atomic E-state index is -0.491. The van der Waals surface area contributed by atoms with E-state index in [0.717, 1.165) is 22.3 Å². The lowest BCUT2D eigenvalue weighted by Gasteiger charge is -2.39. The highest BCUT2D eigenvalue weighted by molar-refractivity contribution is 6.13. The van der Waals surface area contributed by atoms with Gasteiger partial charge in [-0.1, -0.05) is 182 Å². The SMILES string of the molecule is c1ccc(-c2nc(-c3ccccc3)nc(-c3ccc(-c4cccc5c4-c4ccccc4C54c5ccccc5-n5c6ccccc6c6cccc4c65)cc3)n2)cc1. The summed E-state index contributed by atoms with van der Waals surface area (Å²) in [6.07, 6.45) is 0. The topological polar surface area (TPSA) is 43.6 Å². The Morgan fingerprint density at radius 3 is 1.57 bits per heavy atom. The lowest BCUT2D eigenvalue weighted by atomic mass is 9.65. The van der Waals surface area contributed by atoms with E-state index in [4.69, 9.17) is 15.0 Å². The summed E-state index contributed by atoms with van der Waals surface area (Å²) in [5.41, 5.74) is 16.3. The van der Waals surface area contributed by atoms with Crippen molar-refractivity contribution >= 4 is 21.8 Å². The van der Waals surface area contributed by atoms with Crippen molar-refractivity contribution in [3.05, 3.63) is 216 Å². The maximum absolute atomic E-state index is 5.00. The van der Waals surface area contributed by atoms with Crippen molar-refractivity contribution in [2.24, 2.45) is 0 Å². The molecule has 8 aromatic carbocycles. The van der Waals surface area contributed by atoms with Crippen molar-refractivity contribution in [1.29, 1.82) is 0 Å². The molecular formula is C52H32N4. The fourth-order valence-electron chi connectivity index (χ4n) is 9.59. The van der Waals surface area contributed by atoms with E-state index in [1.54, 1.807) is 0 Å². The quantitative estimate of drug-likeness (QED) is 0.182. The molecule has 1 spiro atoms. The number of aromatic nitrogens is 4. The Morgan fingerprint density at radius 2 is 0.839 bits per heavy atom. The number of para-hydroxylation sites is 3. The van der Waals surface area contributed by atoms with Crippen LogP contribution in [-0.4, -0.2) is 19.5 Å². The zero-order valence-corrected chi connectivity index (χ0v) is 30.3. The molecule has 0 radical (unpaired) electrons. The highest BCUT2D eigenvalue weighted by atomic mass is 15.0. The minimum Gasteiger partial charge on any atom is -0.309 e. The van der Waals surface area contributed by atoms with E-state index in [-0.39, 0.29) is 0 Å². The van der Waals surface area contributed by atoms with Gasteiger partial charge in [-0.25, -0.2) is 15.0 Å². The molecule has 12 rings (SSSR count). The molecule has 1 aliphatic carbocycles. The Hall–Kier alpha value is -7.43. The molecule has 1 atom stereocenters. The van der Waals surface area contributed by atoms with Crippen LogP contribution in [0.15, 0.2) is 194 Å². The number of hydrogen-bond donors (Lipinski definition) is 0. The van der Waals surface area contributed by atoms with E-state index in [2.05, 4.69) is 138 Å². The van der Waals surface area contributed by atoms with Gasteiger partial charge in [-0.3, -0.25) is 0 Å². The third-order valence-electron chi connectivity index (χ3n) is 11.9. The normalized spacial score (nSPS) is 14.9. The molecule has 0 bridgehead atoms. The van der Waals surface area contributed by atoms with Crippen LogP contribution >= 0.6 is 0 Å². The summed E-state index contributed by atoms with van der Waals surface area (Å²) in [4.78, 5) is 14.9. The number of nitrogens with zero attached hydrogens (tertiary/aromatic N) is 4. The van der Waals surface area contributed by atoms with E-state index < -0.39 is 5.41 Å². The second-order valence-electron chi connectivity index (χ2n) is 14.7. The highest BCUT2D eigenvalue weighted by Gasteiger charge is 2.51. The fraction of sp³-hybridized carbons (Fsp3) is 0.0192. The predicted molar refractivity (Wildman–Crippen MR) is 227 cm³/mol. The average molecular weight is 713 g/mol. The molecule has 4 heteroatoms. The zero-order chi connectivity index (χ0) is 36.8. The summed E-state index contributed by atoms with van der Waals surface area (Å²) < 4.78 is 2.50. The Kier molecular flexibility index (Phi) is 6.52. The molecule has 0 amide bonds. The van der Waals surface area contributed by atoms with E-state index in [1.807, 2.05) is 60.7 Å². The molecular weight excluding hydrogens is 681 g/mol. The average Bonchev–Trinajstić information content (AvgIpc) is 3.78. The lowest BCUT2D eigenvalue weighted by molar-refractivity contribution is 0.748. The Balaban J connectivity index is 1.06. The third-order valence-corrected chi connectivity index (χ3v) is 11.9. The van der Waals surface area contributed by atoms with Crippen molar-refractivity contribution < 1.29 is 0 Å². The van der Waals surface area contributed by atoms with Crippen LogP contribution in [0.25, 0.3) is 83.9 Å². The first-order valence-electron chi connectivity index (χ1n) is 19.1. The van der Waals surface area contributed by atoms with Gasteiger partial charge in [0.15, 0.2) is 17.5 Å². The van der Waals surface area contributed by atoms with Gasteiger partial charge in [-0.2, -0.15) is 0 Å². The molecule has 1 unspecified atom stereocenters. The Morgan fingerprint density at radius 1 is 0.339 bits per heavy atom. The maximum atomic E-state index is 5.00. The standard InChI is InChI=1S/C52H32N4/c1-3-15-34(16-4-1)49-53-50(35-17-5-2-6-18-35)55-51(54-49)36-31-29-33(30-32-36)37-21-13-25-43-47(37)40-20-7-9-23-41(40)52(43)42-24-10-12-28-46(42)56-45-27-11-8-19-38(45)39-22-14-26-44(52)48(39)56/h1-32H. The summed E-state index contributed by atoms with van der Waals surface area (Å²) in [6.45, 7) is 0. The van der Waals surface area contributed by atoms with Gasteiger partial charge in [0, 0.05) is 27.5 Å². The van der Waals surface area contributed by atoms with Crippen molar-refractivity contribution in [1.82, 2.24) is 19.5 Å². The Bertz CT molecular complexity index is 3120. The van der Waals surface area contributed by atoms with E-state index in [9.17, 15) is 0 Å². The third kappa shape index (κ3) is 4.21. The van der Waals surface area contributed by atoms with Crippen LogP contribution < -0.4 is 0 Å². The van der Waals surface area contributed by atoms with Crippen LogP contribution in [0.4, 0.5) is 0 Å². The van der Waals surface area contributed by atoms with Crippen LogP contribution in [0, 0.1) is 0 Å². The summed E-state index contributed by atoms with van der Waals surface area (Å²) in [6, 6.07) is 69.7. The molecule has 0 saturated heterocycles. The summed E-state index contributed by atoms with van der Waals surface area (Å²) in [5, 5.41) is 2.57. The molecule has 4 nitrogen and oxygen atoms in total. The van der Waals surface area contributed by atoms with Crippen LogP contribution in [0.3, 0.4) is 0 Å². The first kappa shape index (κ1) is 31.0. The van der Waals surface area contributed by atoms with Crippen molar-refractivity contribution in [3.8, 4) is 62.1 Å². The van der Waals surface area contributed by atoms with Crippen molar-refractivity contribution in [3.63, 3.8) is 0 Å². The number of benzene rings is 8. The van der Waals surface area contributed by atoms with E-state index in [1.165, 1.54) is 66.4 Å². The molecule has 56 heavy (non-hydrogen) atoms. The van der Waals surface area contributed by atoms with Gasteiger partial charge in [0.05, 0.1) is 22.1 Å². The first-order valence-corrected chi connectivity index (χ1v) is 19.1. The van der Waals surface area contributed by atoms with Crippen molar-refractivity contribution in [2.45, 2.75) is 5.41 Å². The van der Waals surface area contributed by atoms with Gasteiger partial charge in [-0.15, -0.1) is 0 Å². The molecule has 10 aromatic rings. The predicted octanol–water partition coefficient (Wildman–Crippen LogP) is 12.3.